The number of aromatic nitrogens is 2. The van der Waals surface area contributed by atoms with Crippen molar-refractivity contribution >= 4 is 48.7 Å². The van der Waals surface area contributed by atoms with Crippen LogP contribution in [-0.2, 0) is 9.84 Å². The summed E-state index contributed by atoms with van der Waals surface area (Å²) in [5.74, 6) is 0. The Hall–Kier alpha value is -1.93. The van der Waals surface area contributed by atoms with Gasteiger partial charge in [-0.2, -0.15) is 5.10 Å². The Morgan fingerprint density at radius 2 is 1.86 bits per heavy atom. The zero-order valence-corrected chi connectivity index (χ0v) is 18.6. The van der Waals surface area contributed by atoms with E-state index in [0.29, 0.717) is 9.92 Å². The van der Waals surface area contributed by atoms with Crippen LogP contribution in [0, 0.1) is 0 Å². The Bertz CT molecular complexity index is 1280. The fourth-order valence-electron chi connectivity index (χ4n) is 2.87. The predicted octanol–water partition coefficient (Wildman–Crippen LogP) is 6.09. The predicted molar refractivity (Wildman–Crippen MR) is 118 cm³/mol. The molecule has 0 aliphatic carbocycles. The van der Waals surface area contributed by atoms with Crippen LogP contribution >= 0.6 is 38.9 Å². The lowest BCUT2D eigenvalue weighted by Gasteiger charge is -2.07. The molecule has 8 heteroatoms. The molecule has 0 unspecified atom stereocenters. The van der Waals surface area contributed by atoms with Crippen LogP contribution in [0.4, 0.5) is 0 Å². The number of para-hydroxylation sites is 1. The topological polar surface area (TPSA) is 52.0 Å². The molecular formula is C20H14BrClN2O2S2. The SMILES string of the molecule is CS(=O)(=O)c1cccc(-c2sc(-c3ccnn3-c3ccccc3Cl)cc2Br)c1. The van der Waals surface area contributed by atoms with Gasteiger partial charge in [0.25, 0.3) is 0 Å². The van der Waals surface area contributed by atoms with Gasteiger partial charge in [0, 0.05) is 15.6 Å². The van der Waals surface area contributed by atoms with Crippen molar-refractivity contribution in [3.05, 3.63) is 76.4 Å². The molecule has 2 aromatic carbocycles. The molecule has 0 amide bonds. The Morgan fingerprint density at radius 1 is 1.07 bits per heavy atom. The first-order valence-corrected chi connectivity index (χ1v) is 12.1. The molecule has 0 N–H and O–H groups in total. The molecule has 0 atom stereocenters. The van der Waals surface area contributed by atoms with Gasteiger partial charge >= 0.3 is 0 Å². The highest BCUT2D eigenvalue weighted by Crippen LogP contribution is 2.42. The van der Waals surface area contributed by atoms with Gasteiger partial charge in [0.05, 0.1) is 32.4 Å². The minimum absolute atomic E-state index is 0.299. The van der Waals surface area contributed by atoms with E-state index in [0.717, 1.165) is 31.2 Å². The minimum Gasteiger partial charge on any atom is -0.231 e. The monoisotopic (exact) mass is 492 g/mol. The average molecular weight is 494 g/mol. The van der Waals surface area contributed by atoms with Crippen molar-refractivity contribution in [2.24, 2.45) is 0 Å². The first-order chi connectivity index (χ1) is 13.3. The van der Waals surface area contributed by atoms with E-state index in [1.165, 1.54) is 6.26 Å². The molecule has 0 radical (unpaired) electrons. The van der Waals surface area contributed by atoms with Crippen LogP contribution in [0.15, 0.2) is 76.2 Å². The quantitative estimate of drug-likeness (QED) is 0.346. The van der Waals surface area contributed by atoms with Gasteiger partial charge in [0.2, 0.25) is 0 Å². The van der Waals surface area contributed by atoms with E-state index in [-0.39, 0.29) is 0 Å². The lowest BCUT2D eigenvalue weighted by molar-refractivity contribution is 0.602. The molecule has 0 saturated heterocycles. The minimum atomic E-state index is -3.27. The summed E-state index contributed by atoms with van der Waals surface area (Å²) in [6.07, 6.45) is 2.94. The van der Waals surface area contributed by atoms with Crippen molar-refractivity contribution in [1.29, 1.82) is 0 Å². The third-order valence-electron chi connectivity index (χ3n) is 4.19. The number of halogens is 2. The molecule has 0 aliphatic rings. The highest BCUT2D eigenvalue weighted by molar-refractivity contribution is 9.10. The lowest BCUT2D eigenvalue weighted by Crippen LogP contribution is -1.98. The molecule has 4 rings (SSSR count). The number of benzene rings is 2. The second kappa shape index (κ2) is 7.48. The van der Waals surface area contributed by atoms with Gasteiger partial charge in [-0.15, -0.1) is 11.3 Å². The Balaban J connectivity index is 1.81. The van der Waals surface area contributed by atoms with E-state index in [9.17, 15) is 8.42 Å². The first kappa shape index (κ1) is 19.4. The summed E-state index contributed by atoms with van der Waals surface area (Å²) < 4.78 is 26.5. The number of sulfone groups is 1. The fraction of sp³-hybridized carbons (Fsp3) is 0.0500. The molecule has 0 bridgehead atoms. The first-order valence-electron chi connectivity index (χ1n) is 8.24. The van der Waals surface area contributed by atoms with Crippen LogP contribution in [0.2, 0.25) is 5.02 Å². The number of nitrogens with zero attached hydrogens (tertiary/aromatic N) is 2. The zero-order chi connectivity index (χ0) is 19.9. The summed E-state index contributed by atoms with van der Waals surface area (Å²) in [4.78, 5) is 2.24. The summed E-state index contributed by atoms with van der Waals surface area (Å²) in [5.41, 5.74) is 2.55. The van der Waals surface area contributed by atoms with Crippen molar-refractivity contribution in [3.63, 3.8) is 0 Å². The summed E-state index contributed by atoms with van der Waals surface area (Å²) in [7, 11) is -3.27. The van der Waals surface area contributed by atoms with E-state index in [2.05, 4.69) is 21.0 Å². The Kier molecular flexibility index (Phi) is 5.18. The van der Waals surface area contributed by atoms with Crippen molar-refractivity contribution in [2.75, 3.05) is 6.26 Å². The fourth-order valence-corrected chi connectivity index (χ4v) is 5.66. The van der Waals surface area contributed by atoms with Crippen molar-refractivity contribution in [1.82, 2.24) is 9.78 Å². The highest BCUT2D eigenvalue weighted by atomic mass is 79.9. The number of thiophene rings is 1. The van der Waals surface area contributed by atoms with Crippen LogP contribution in [0.5, 0.6) is 0 Å². The molecule has 0 aliphatic heterocycles. The third kappa shape index (κ3) is 3.67. The van der Waals surface area contributed by atoms with Gasteiger partial charge < -0.3 is 0 Å². The van der Waals surface area contributed by atoms with Crippen molar-refractivity contribution in [3.8, 4) is 26.7 Å². The molecule has 142 valence electrons. The van der Waals surface area contributed by atoms with Gasteiger partial charge in [0.1, 0.15) is 0 Å². The second-order valence-electron chi connectivity index (χ2n) is 6.17. The molecule has 2 heterocycles. The van der Waals surface area contributed by atoms with E-state index in [4.69, 9.17) is 11.6 Å². The maximum Gasteiger partial charge on any atom is 0.175 e. The molecular weight excluding hydrogens is 480 g/mol. The molecule has 28 heavy (non-hydrogen) atoms. The van der Waals surface area contributed by atoms with Crippen LogP contribution in [0.3, 0.4) is 0 Å². The Morgan fingerprint density at radius 3 is 2.61 bits per heavy atom. The Labute approximate surface area is 180 Å². The van der Waals surface area contributed by atoms with Gasteiger partial charge in [-0.3, -0.25) is 0 Å². The average Bonchev–Trinajstić information content (AvgIpc) is 3.28. The number of rotatable bonds is 4. The largest absolute Gasteiger partial charge is 0.231 e. The summed E-state index contributed by atoms with van der Waals surface area (Å²) >= 11 is 11.5. The van der Waals surface area contributed by atoms with E-state index >= 15 is 0 Å². The third-order valence-corrected chi connectivity index (χ3v) is 7.71. The van der Waals surface area contributed by atoms with Gasteiger partial charge in [-0.1, -0.05) is 35.9 Å². The van der Waals surface area contributed by atoms with Gasteiger partial charge in [-0.25, -0.2) is 13.1 Å². The molecule has 0 spiro atoms. The smallest absolute Gasteiger partial charge is 0.175 e. The van der Waals surface area contributed by atoms with Crippen LogP contribution in [-0.4, -0.2) is 24.5 Å². The molecule has 4 nitrogen and oxygen atoms in total. The van der Waals surface area contributed by atoms with Crippen LogP contribution in [0.1, 0.15) is 0 Å². The number of hydrogen-bond donors (Lipinski definition) is 0. The lowest BCUT2D eigenvalue weighted by atomic mass is 10.2. The summed E-state index contributed by atoms with van der Waals surface area (Å²) in [6.45, 7) is 0. The van der Waals surface area contributed by atoms with Crippen molar-refractivity contribution < 1.29 is 8.42 Å². The van der Waals surface area contributed by atoms with Gasteiger partial charge in [-0.05, 0) is 57.9 Å². The van der Waals surface area contributed by atoms with Crippen molar-refractivity contribution in [2.45, 2.75) is 4.90 Å². The summed E-state index contributed by atoms with van der Waals surface area (Å²) in [6, 6.07) is 18.4. The molecule has 0 saturated carbocycles. The van der Waals surface area contributed by atoms with E-state index in [1.807, 2.05) is 42.5 Å². The van der Waals surface area contributed by atoms with E-state index in [1.54, 1.807) is 40.4 Å². The van der Waals surface area contributed by atoms with Crippen LogP contribution < -0.4 is 0 Å². The maximum atomic E-state index is 11.9. The van der Waals surface area contributed by atoms with Crippen LogP contribution in [0.25, 0.3) is 26.7 Å². The van der Waals surface area contributed by atoms with Gasteiger partial charge in [0.15, 0.2) is 9.84 Å². The normalized spacial score (nSPS) is 11.7. The molecule has 2 aromatic heterocycles. The van der Waals surface area contributed by atoms with E-state index < -0.39 is 9.84 Å². The second-order valence-corrected chi connectivity index (χ2v) is 10.5. The highest BCUT2D eigenvalue weighted by Gasteiger charge is 2.17. The zero-order valence-electron chi connectivity index (χ0n) is 14.6. The number of hydrogen-bond acceptors (Lipinski definition) is 4. The molecule has 4 aromatic rings. The molecule has 0 fully saturated rings. The maximum absolute atomic E-state index is 11.9. The standard InChI is InChI=1S/C20H14BrClN2O2S2/c1-28(25,26)14-6-4-5-13(11-14)20-15(21)12-19(27-20)18-9-10-23-24(18)17-8-3-2-7-16(17)22/h2-12H,1H3. The summed E-state index contributed by atoms with van der Waals surface area (Å²) in [5, 5.41) is 5.04.